The Bertz CT molecular complexity index is 959. The average Bonchev–Trinajstić information content (AvgIpc) is 2.99. The standard InChI is InChI=1S/C21H22N4O2/c1-15-11-16(2)25(24-15)14-17-7-9-19(10-8-17)21(26)23-22-13-18-5-4-6-20(12-18)27-3/h4-13H,14H2,1-3H3,(H,23,26)/b22-13+. The lowest BCUT2D eigenvalue weighted by Gasteiger charge is -2.06. The second-order valence-electron chi connectivity index (χ2n) is 6.26. The van der Waals surface area contributed by atoms with Crippen molar-refractivity contribution in [2.45, 2.75) is 20.4 Å². The van der Waals surface area contributed by atoms with E-state index in [2.05, 4.69) is 15.6 Å². The highest BCUT2D eigenvalue weighted by Crippen LogP contribution is 2.11. The van der Waals surface area contributed by atoms with Crippen LogP contribution in [-0.4, -0.2) is 29.0 Å². The van der Waals surface area contributed by atoms with Gasteiger partial charge in [-0.05, 0) is 55.3 Å². The number of hydrazone groups is 1. The van der Waals surface area contributed by atoms with Gasteiger partial charge in [-0.2, -0.15) is 10.2 Å². The summed E-state index contributed by atoms with van der Waals surface area (Å²) in [6.07, 6.45) is 1.58. The smallest absolute Gasteiger partial charge is 0.271 e. The van der Waals surface area contributed by atoms with Crippen LogP contribution in [0.2, 0.25) is 0 Å². The molecule has 0 fully saturated rings. The number of carbonyl (C=O) groups excluding carboxylic acids is 1. The summed E-state index contributed by atoms with van der Waals surface area (Å²) in [4.78, 5) is 12.2. The van der Waals surface area contributed by atoms with Crippen LogP contribution in [0, 0.1) is 13.8 Å². The number of nitrogens with one attached hydrogen (secondary N) is 1. The Balaban J connectivity index is 1.60. The highest BCUT2D eigenvalue weighted by Gasteiger charge is 2.06. The Morgan fingerprint density at radius 1 is 1.19 bits per heavy atom. The van der Waals surface area contributed by atoms with E-state index in [-0.39, 0.29) is 5.91 Å². The number of amides is 1. The lowest BCUT2D eigenvalue weighted by molar-refractivity contribution is 0.0955. The van der Waals surface area contributed by atoms with Gasteiger partial charge in [0.15, 0.2) is 0 Å². The largest absolute Gasteiger partial charge is 0.497 e. The van der Waals surface area contributed by atoms with Gasteiger partial charge < -0.3 is 4.74 Å². The Morgan fingerprint density at radius 2 is 1.96 bits per heavy atom. The van der Waals surface area contributed by atoms with Crippen LogP contribution in [-0.2, 0) is 6.54 Å². The molecule has 3 rings (SSSR count). The molecule has 0 aliphatic heterocycles. The van der Waals surface area contributed by atoms with Crippen molar-refractivity contribution in [2.24, 2.45) is 5.10 Å². The van der Waals surface area contributed by atoms with E-state index < -0.39 is 0 Å². The molecule has 0 aliphatic rings. The van der Waals surface area contributed by atoms with E-state index in [9.17, 15) is 4.79 Å². The quantitative estimate of drug-likeness (QED) is 0.540. The fourth-order valence-electron chi connectivity index (χ4n) is 2.72. The normalized spacial score (nSPS) is 10.9. The first-order valence-electron chi connectivity index (χ1n) is 8.62. The minimum Gasteiger partial charge on any atom is -0.497 e. The number of aromatic nitrogens is 2. The maximum absolute atomic E-state index is 12.2. The molecule has 0 radical (unpaired) electrons. The molecule has 3 aromatic rings. The van der Waals surface area contributed by atoms with Crippen LogP contribution < -0.4 is 10.2 Å². The monoisotopic (exact) mass is 362 g/mol. The number of nitrogens with zero attached hydrogens (tertiary/aromatic N) is 3. The molecule has 2 aromatic carbocycles. The molecule has 27 heavy (non-hydrogen) atoms. The first-order valence-corrected chi connectivity index (χ1v) is 8.62. The Labute approximate surface area is 158 Å². The van der Waals surface area contributed by atoms with Crippen molar-refractivity contribution >= 4 is 12.1 Å². The second-order valence-corrected chi connectivity index (χ2v) is 6.26. The van der Waals surface area contributed by atoms with Gasteiger partial charge in [-0.3, -0.25) is 9.48 Å². The van der Waals surface area contributed by atoms with Crippen molar-refractivity contribution in [1.29, 1.82) is 0 Å². The van der Waals surface area contributed by atoms with E-state index in [1.165, 1.54) is 0 Å². The van der Waals surface area contributed by atoms with E-state index in [0.29, 0.717) is 12.1 Å². The van der Waals surface area contributed by atoms with Gasteiger partial charge in [-0.15, -0.1) is 0 Å². The molecule has 0 bridgehead atoms. The molecular weight excluding hydrogens is 340 g/mol. The van der Waals surface area contributed by atoms with Gasteiger partial charge in [0.1, 0.15) is 5.75 Å². The summed E-state index contributed by atoms with van der Waals surface area (Å²) in [6.45, 7) is 4.68. The molecule has 0 saturated heterocycles. The van der Waals surface area contributed by atoms with Gasteiger partial charge in [0.25, 0.3) is 5.91 Å². The molecular formula is C21H22N4O2. The number of methoxy groups -OCH3 is 1. The molecule has 1 aromatic heterocycles. The van der Waals surface area contributed by atoms with Crippen LogP contribution >= 0.6 is 0 Å². The summed E-state index contributed by atoms with van der Waals surface area (Å²) >= 11 is 0. The summed E-state index contributed by atoms with van der Waals surface area (Å²) in [6, 6.07) is 16.9. The zero-order chi connectivity index (χ0) is 19.2. The molecule has 0 atom stereocenters. The summed E-state index contributed by atoms with van der Waals surface area (Å²) in [5.74, 6) is 0.482. The van der Waals surface area contributed by atoms with Crippen LogP contribution in [0.1, 0.15) is 32.9 Å². The van der Waals surface area contributed by atoms with Crippen molar-refractivity contribution in [1.82, 2.24) is 15.2 Å². The van der Waals surface area contributed by atoms with E-state index >= 15 is 0 Å². The molecule has 138 valence electrons. The summed E-state index contributed by atoms with van der Waals surface area (Å²) in [5.41, 5.74) is 7.12. The maximum atomic E-state index is 12.2. The average molecular weight is 362 g/mol. The second kappa shape index (κ2) is 8.31. The van der Waals surface area contributed by atoms with Gasteiger partial charge in [0.2, 0.25) is 0 Å². The fraction of sp³-hybridized carbons (Fsp3) is 0.190. The van der Waals surface area contributed by atoms with Gasteiger partial charge in [0.05, 0.1) is 25.6 Å². The van der Waals surface area contributed by atoms with Gasteiger partial charge >= 0.3 is 0 Å². The fourth-order valence-corrected chi connectivity index (χ4v) is 2.72. The minimum atomic E-state index is -0.258. The van der Waals surface area contributed by atoms with Crippen molar-refractivity contribution < 1.29 is 9.53 Å². The van der Waals surface area contributed by atoms with Gasteiger partial charge in [-0.25, -0.2) is 5.43 Å². The van der Waals surface area contributed by atoms with Crippen LogP contribution in [0.5, 0.6) is 5.75 Å². The first-order chi connectivity index (χ1) is 13.0. The highest BCUT2D eigenvalue weighted by molar-refractivity contribution is 5.94. The van der Waals surface area contributed by atoms with Crippen molar-refractivity contribution in [3.05, 3.63) is 82.7 Å². The predicted molar refractivity (Wildman–Crippen MR) is 105 cm³/mol. The van der Waals surface area contributed by atoms with Crippen LogP contribution in [0.25, 0.3) is 0 Å². The van der Waals surface area contributed by atoms with E-state index in [4.69, 9.17) is 4.74 Å². The number of carbonyl (C=O) groups is 1. The lowest BCUT2D eigenvalue weighted by atomic mass is 10.1. The highest BCUT2D eigenvalue weighted by atomic mass is 16.5. The van der Waals surface area contributed by atoms with Gasteiger partial charge in [0, 0.05) is 11.3 Å². The molecule has 0 aliphatic carbocycles. The topological polar surface area (TPSA) is 68.5 Å². The summed E-state index contributed by atoms with van der Waals surface area (Å²) in [5, 5.41) is 8.46. The van der Waals surface area contributed by atoms with Gasteiger partial charge in [-0.1, -0.05) is 24.3 Å². The zero-order valence-electron chi connectivity index (χ0n) is 15.6. The summed E-state index contributed by atoms with van der Waals surface area (Å²) < 4.78 is 7.11. The van der Waals surface area contributed by atoms with Crippen LogP contribution in [0.15, 0.2) is 59.7 Å². The van der Waals surface area contributed by atoms with E-state index in [1.807, 2.05) is 61.0 Å². The number of ether oxygens (including phenoxy) is 1. The Hall–Kier alpha value is -3.41. The minimum absolute atomic E-state index is 0.258. The third kappa shape index (κ3) is 4.82. The number of hydrogen-bond donors (Lipinski definition) is 1. The number of aryl methyl sites for hydroxylation is 2. The van der Waals surface area contributed by atoms with Crippen LogP contribution in [0.3, 0.4) is 0 Å². The predicted octanol–water partition coefficient (Wildman–Crippen LogP) is 3.32. The Kier molecular flexibility index (Phi) is 5.66. The number of rotatable bonds is 6. The molecule has 6 nitrogen and oxygen atoms in total. The molecule has 6 heteroatoms. The number of benzene rings is 2. The molecule has 1 N–H and O–H groups in total. The number of hydrogen-bond acceptors (Lipinski definition) is 4. The molecule has 1 amide bonds. The molecule has 0 spiro atoms. The van der Waals surface area contributed by atoms with Crippen molar-refractivity contribution in [2.75, 3.05) is 7.11 Å². The summed E-state index contributed by atoms with van der Waals surface area (Å²) in [7, 11) is 1.61. The lowest BCUT2D eigenvalue weighted by Crippen LogP contribution is -2.17. The van der Waals surface area contributed by atoms with E-state index in [1.54, 1.807) is 25.5 Å². The third-order valence-electron chi connectivity index (χ3n) is 4.13. The zero-order valence-corrected chi connectivity index (χ0v) is 15.6. The van der Waals surface area contributed by atoms with E-state index in [0.717, 1.165) is 28.3 Å². The SMILES string of the molecule is COc1cccc(/C=N/NC(=O)c2ccc(Cn3nc(C)cc3C)cc2)c1. The van der Waals surface area contributed by atoms with Crippen LogP contribution in [0.4, 0.5) is 0 Å². The van der Waals surface area contributed by atoms with Crippen molar-refractivity contribution in [3.63, 3.8) is 0 Å². The third-order valence-corrected chi connectivity index (χ3v) is 4.13. The maximum Gasteiger partial charge on any atom is 0.271 e. The molecule has 1 heterocycles. The molecule has 0 saturated carbocycles. The molecule has 0 unspecified atom stereocenters. The first kappa shape index (κ1) is 18.4. The Morgan fingerprint density at radius 3 is 2.63 bits per heavy atom. The van der Waals surface area contributed by atoms with Crippen molar-refractivity contribution in [3.8, 4) is 5.75 Å².